The van der Waals surface area contributed by atoms with E-state index in [9.17, 15) is 4.79 Å². The summed E-state index contributed by atoms with van der Waals surface area (Å²) in [6.07, 6.45) is 0.895. The van der Waals surface area contributed by atoms with Crippen molar-refractivity contribution in [2.45, 2.75) is 40.2 Å². The number of carboxylic acid groups (broad SMARTS) is 1. The van der Waals surface area contributed by atoms with Gasteiger partial charge in [-0.1, -0.05) is 19.1 Å². The summed E-state index contributed by atoms with van der Waals surface area (Å²) in [4.78, 5) is 11.1. The van der Waals surface area contributed by atoms with Crippen molar-refractivity contribution < 1.29 is 14.6 Å². The molecule has 1 atom stereocenters. The maximum atomic E-state index is 11.1. The van der Waals surface area contributed by atoms with Gasteiger partial charge in [-0.2, -0.15) is 0 Å². The van der Waals surface area contributed by atoms with Gasteiger partial charge in [0.15, 0.2) is 0 Å². The molecule has 1 aromatic rings. The molecule has 0 aliphatic carbocycles. The molecule has 0 saturated heterocycles. The van der Waals surface area contributed by atoms with Crippen LogP contribution in [-0.2, 0) is 4.79 Å². The molecule has 19 heavy (non-hydrogen) atoms. The van der Waals surface area contributed by atoms with Crippen LogP contribution in [0.2, 0.25) is 0 Å². The zero-order chi connectivity index (χ0) is 14.4. The molecule has 106 valence electrons. The van der Waals surface area contributed by atoms with Gasteiger partial charge in [-0.05, 0) is 50.4 Å². The highest BCUT2D eigenvalue weighted by Gasteiger charge is 2.18. The van der Waals surface area contributed by atoms with Crippen molar-refractivity contribution in [3.63, 3.8) is 0 Å². The molecule has 0 bridgehead atoms. The molecule has 0 aliphatic heterocycles. The second-order valence-electron chi connectivity index (χ2n) is 4.81. The largest absolute Gasteiger partial charge is 0.491 e. The molecule has 0 heterocycles. The quantitative estimate of drug-likeness (QED) is 0.795. The third kappa shape index (κ3) is 4.24. The van der Waals surface area contributed by atoms with Crippen LogP contribution < -0.4 is 10.1 Å². The number of carbonyl (C=O) groups is 1. The third-order valence-electron chi connectivity index (χ3n) is 3.21. The lowest BCUT2D eigenvalue weighted by Gasteiger charge is -2.18. The fourth-order valence-corrected chi connectivity index (χ4v) is 1.85. The zero-order valence-corrected chi connectivity index (χ0v) is 12.1. The van der Waals surface area contributed by atoms with Crippen molar-refractivity contribution >= 4 is 5.97 Å². The minimum Gasteiger partial charge on any atom is -0.491 e. The first-order chi connectivity index (χ1) is 8.97. The molecule has 0 aliphatic rings. The Kier molecular flexibility index (Phi) is 5.83. The van der Waals surface area contributed by atoms with Crippen molar-refractivity contribution in [1.29, 1.82) is 0 Å². The Bertz CT molecular complexity index is 443. The van der Waals surface area contributed by atoms with Crippen LogP contribution in [0.25, 0.3) is 0 Å². The second-order valence-corrected chi connectivity index (χ2v) is 4.81. The lowest BCUT2D eigenvalue weighted by Crippen LogP contribution is -2.41. The van der Waals surface area contributed by atoms with E-state index in [1.54, 1.807) is 0 Å². The number of ether oxygens (including phenoxy) is 1. The van der Waals surface area contributed by atoms with E-state index in [0.29, 0.717) is 6.54 Å². The normalized spacial score (nSPS) is 12.2. The minimum atomic E-state index is -0.878. The first-order valence-corrected chi connectivity index (χ1v) is 6.63. The second kappa shape index (κ2) is 7.14. The molecule has 0 fully saturated rings. The number of aryl methyl sites for hydroxylation is 2. The van der Waals surface area contributed by atoms with E-state index >= 15 is 0 Å². The first kappa shape index (κ1) is 15.5. The minimum absolute atomic E-state index is 0.139. The van der Waals surface area contributed by atoms with Crippen molar-refractivity contribution in [1.82, 2.24) is 5.32 Å². The first-order valence-electron chi connectivity index (χ1n) is 6.63. The number of hydrogen-bond donors (Lipinski definition) is 2. The van der Waals surface area contributed by atoms with Crippen molar-refractivity contribution in [3.8, 4) is 5.75 Å². The van der Waals surface area contributed by atoms with E-state index in [2.05, 4.69) is 5.32 Å². The summed E-state index contributed by atoms with van der Waals surface area (Å²) in [6.45, 7) is 8.80. The summed E-state index contributed by atoms with van der Waals surface area (Å²) in [7, 11) is 0. The van der Waals surface area contributed by atoms with Gasteiger partial charge < -0.3 is 15.2 Å². The highest BCUT2D eigenvalue weighted by Crippen LogP contribution is 2.25. The van der Waals surface area contributed by atoms with Gasteiger partial charge >= 0.3 is 5.97 Å². The van der Waals surface area contributed by atoms with Crippen LogP contribution in [0.5, 0.6) is 5.75 Å². The predicted octanol–water partition coefficient (Wildman–Crippen LogP) is 2.44. The molecule has 1 rings (SSSR count). The average Bonchev–Trinajstić information content (AvgIpc) is 2.37. The predicted molar refractivity (Wildman–Crippen MR) is 75.9 cm³/mol. The summed E-state index contributed by atoms with van der Waals surface area (Å²) in [5.41, 5.74) is 3.25. The number of rotatable bonds is 7. The van der Waals surface area contributed by atoms with Crippen LogP contribution in [0.15, 0.2) is 12.1 Å². The summed E-state index contributed by atoms with van der Waals surface area (Å²) >= 11 is 0. The monoisotopic (exact) mass is 265 g/mol. The molecule has 0 radical (unpaired) electrons. The van der Waals surface area contributed by atoms with E-state index in [0.717, 1.165) is 28.9 Å². The van der Waals surface area contributed by atoms with Gasteiger partial charge in [0.25, 0.3) is 0 Å². The van der Waals surface area contributed by atoms with Gasteiger partial charge in [0.2, 0.25) is 0 Å². The van der Waals surface area contributed by atoms with E-state index in [1.807, 2.05) is 39.8 Å². The van der Waals surface area contributed by atoms with Gasteiger partial charge in [-0.3, -0.25) is 4.79 Å². The van der Waals surface area contributed by atoms with Gasteiger partial charge in [-0.25, -0.2) is 0 Å². The van der Waals surface area contributed by atoms with Gasteiger partial charge in [0, 0.05) is 0 Å². The molecule has 4 heteroatoms. The van der Waals surface area contributed by atoms with E-state index in [4.69, 9.17) is 9.84 Å². The maximum absolute atomic E-state index is 11.1. The van der Waals surface area contributed by atoms with Crippen LogP contribution >= 0.6 is 0 Å². The molecule has 0 spiro atoms. The SMILES string of the molecule is CCCNC(COc1c(C)ccc(C)c1C)C(=O)O. The van der Waals surface area contributed by atoms with Crippen LogP contribution in [-0.4, -0.2) is 30.3 Å². The molecule has 2 N–H and O–H groups in total. The molecule has 1 aromatic carbocycles. The Hall–Kier alpha value is -1.55. The van der Waals surface area contributed by atoms with Crippen molar-refractivity contribution in [2.75, 3.05) is 13.2 Å². The Morgan fingerprint density at radius 1 is 1.32 bits per heavy atom. The molecular formula is C15H23NO3. The van der Waals surface area contributed by atoms with Crippen LogP contribution in [0.4, 0.5) is 0 Å². The Balaban J connectivity index is 2.74. The molecule has 4 nitrogen and oxygen atoms in total. The van der Waals surface area contributed by atoms with E-state index < -0.39 is 12.0 Å². The third-order valence-corrected chi connectivity index (χ3v) is 3.21. The topological polar surface area (TPSA) is 58.6 Å². The Morgan fingerprint density at radius 3 is 2.53 bits per heavy atom. The summed E-state index contributed by atoms with van der Waals surface area (Å²) in [5, 5.41) is 12.1. The number of aliphatic carboxylic acids is 1. The van der Waals surface area contributed by atoms with E-state index in [1.165, 1.54) is 0 Å². The average molecular weight is 265 g/mol. The molecule has 0 aromatic heterocycles. The number of nitrogens with one attached hydrogen (secondary N) is 1. The molecule has 1 unspecified atom stereocenters. The van der Waals surface area contributed by atoms with Crippen LogP contribution in [0.1, 0.15) is 30.0 Å². The lowest BCUT2D eigenvalue weighted by atomic mass is 10.1. The molecule has 0 saturated carbocycles. The Morgan fingerprint density at radius 2 is 1.95 bits per heavy atom. The van der Waals surface area contributed by atoms with Gasteiger partial charge in [-0.15, -0.1) is 0 Å². The highest BCUT2D eigenvalue weighted by atomic mass is 16.5. The summed E-state index contributed by atoms with van der Waals surface area (Å²) in [6, 6.07) is 3.37. The van der Waals surface area contributed by atoms with Crippen molar-refractivity contribution in [2.24, 2.45) is 0 Å². The van der Waals surface area contributed by atoms with Crippen molar-refractivity contribution in [3.05, 3.63) is 28.8 Å². The Labute approximate surface area is 114 Å². The number of benzene rings is 1. The fourth-order valence-electron chi connectivity index (χ4n) is 1.85. The van der Waals surface area contributed by atoms with E-state index in [-0.39, 0.29) is 6.61 Å². The lowest BCUT2D eigenvalue weighted by molar-refractivity contribution is -0.140. The highest BCUT2D eigenvalue weighted by molar-refractivity contribution is 5.73. The molecule has 0 amide bonds. The fraction of sp³-hybridized carbons (Fsp3) is 0.533. The maximum Gasteiger partial charge on any atom is 0.324 e. The van der Waals surface area contributed by atoms with Gasteiger partial charge in [0.1, 0.15) is 18.4 Å². The van der Waals surface area contributed by atoms with Crippen LogP contribution in [0, 0.1) is 20.8 Å². The van der Waals surface area contributed by atoms with Gasteiger partial charge in [0.05, 0.1) is 0 Å². The zero-order valence-electron chi connectivity index (χ0n) is 12.1. The standard InChI is InChI=1S/C15H23NO3/c1-5-8-16-13(15(17)18)9-19-14-11(3)7-6-10(2)12(14)4/h6-7,13,16H,5,8-9H2,1-4H3,(H,17,18). The summed E-state index contributed by atoms with van der Waals surface area (Å²) in [5.74, 6) is -0.0824. The molecular weight excluding hydrogens is 242 g/mol. The smallest absolute Gasteiger partial charge is 0.324 e. The summed E-state index contributed by atoms with van der Waals surface area (Å²) < 4.78 is 5.73. The van der Waals surface area contributed by atoms with Crippen LogP contribution in [0.3, 0.4) is 0 Å². The number of hydrogen-bond acceptors (Lipinski definition) is 3. The number of carboxylic acids is 1.